The number of nitrogens with one attached hydrogen (secondary N) is 2. The number of carbonyl (C=O) groups excluding carboxylic acids is 2. The molecule has 0 saturated carbocycles. The molecule has 1 fully saturated rings. The van der Waals surface area contributed by atoms with Crippen LogP contribution in [0.4, 0.5) is 10.5 Å². The summed E-state index contributed by atoms with van der Waals surface area (Å²) in [7, 11) is 0. The molecule has 1 aliphatic heterocycles. The quantitative estimate of drug-likeness (QED) is 0.312. The van der Waals surface area contributed by atoms with Crippen LogP contribution in [-0.4, -0.2) is 26.4 Å². The number of hydrogen-bond donors (Lipinski definition) is 3. The summed E-state index contributed by atoms with van der Waals surface area (Å²) >= 11 is 1.03. The molecule has 2 heterocycles. The van der Waals surface area contributed by atoms with Gasteiger partial charge < -0.3 is 20.2 Å². The normalized spacial score (nSPS) is 15.4. The van der Waals surface area contributed by atoms with Crippen LogP contribution in [0.25, 0.3) is 11.0 Å². The SMILES string of the molecule is Cc1cc(Oc2ccc3nc(COc4ccc(C[C@H]5SC(=O)NC5=O)cc4)[nH]c3c2)cc(C)c1N. The molecule has 1 aliphatic rings. The minimum Gasteiger partial charge on any atom is -0.486 e. The van der Waals surface area contributed by atoms with E-state index >= 15 is 0 Å². The number of benzene rings is 3. The van der Waals surface area contributed by atoms with Gasteiger partial charge in [-0.1, -0.05) is 23.9 Å². The van der Waals surface area contributed by atoms with Crippen LogP contribution in [0.2, 0.25) is 0 Å². The van der Waals surface area contributed by atoms with E-state index in [9.17, 15) is 9.59 Å². The van der Waals surface area contributed by atoms with Gasteiger partial charge >= 0.3 is 0 Å². The Hall–Kier alpha value is -3.98. The Morgan fingerprint density at radius 3 is 2.37 bits per heavy atom. The number of thioether (sulfide) groups is 1. The van der Waals surface area contributed by atoms with Crippen molar-refractivity contribution >= 4 is 39.6 Å². The molecule has 0 radical (unpaired) electrons. The molecular weight excluding hydrogens is 464 g/mol. The number of nitrogens with two attached hydrogens (primary N) is 1. The van der Waals surface area contributed by atoms with Crippen molar-refractivity contribution in [1.29, 1.82) is 0 Å². The average Bonchev–Trinajstić information content (AvgIpc) is 3.38. The summed E-state index contributed by atoms with van der Waals surface area (Å²) in [4.78, 5) is 30.9. The summed E-state index contributed by atoms with van der Waals surface area (Å²) in [6, 6.07) is 17.0. The predicted molar refractivity (Wildman–Crippen MR) is 136 cm³/mol. The summed E-state index contributed by atoms with van der Waals surface area (Å²) in [5.74, 6) is 2.57. The lowest BCUT2D eigenvalue weighted by Crippen LogP contribution is -2.25. The van der Waals surface area contributed by atoms with Gasteiger partial charge in [0.25, 0.3) is 5.24 Å². The summed E-state index contributed by atoms with van der Waals surface area (Å²) < 4.78 is 11.9. The van der Waals surface area contributed by atoms with Crippen LogP contribution in [0.3, 0.4) is 0 Å². The molecule has 4 aromatic rings. The van der Waals surface area contributed by atoms with Crippen molar-refractivity contribution in [3.8, 4) is 17.2 Å². The zero-order valence-electron chi connectivity index (χ0n) is 19.3. The molecule has 35 heavy (non-hydrogen) atoms. The van der Waals surface area contributed by atoms with E-state index in [1.807, 2.05) is 68.4 Å². The molecule has 0 unspecified atom stereocenters. The van der Waals surface area contributed by atoms with E-state index in [0.717, 1.165) is 50.9 Å². The van der Waals surface area contributed by atoms with E-state index in [0.29, 0.717) is 23.7 Å². The molecule has 0 spiro atoms. The number of aromatic nitrogens is 2. The zero-order valence-corrected chi connectivity index (χ0v) is 20.1. The molecule has 0 aliphatic carbocycles. The first-order chi connectivity index (χ1) is 16.8. The molecule has 0 bridgehead atoms. The number of fused-ring (bicyclic) bond motifs is 1. The fraction of sp³-hybridized carbons (Fsp3) is 0.192. The van der Waals surface area contributed by atoms with Gasteiger partial charge in [0.15, 0.2) is 0 Å². The number of nitrogen functional groups attached to an aromatic ring is 1. The highest BCUT2D eigenvalue weighted by atomic mass is 32.2. The highest BCUT2D eigenvalue weighted by Gasteiger charge is 2.31. The van der Waals surface area contributed by atoms with Crippen LogP contribution < -0.4 is 20.5 Å². The Morgan fingerprint density at radius 1 is 0.971 bits per heavy atom. The predicted octanol–water partition coefficient (Wildman–Crippen LogP) is 5.03. The molecule has 178 valence electrons. The van der Waals surface area contributed by atoms with Gasteiger partial charge in [-0.2, -0.15) is 0 Å². The Kier molecular flexibility index (Phi) is 6.08. The molecule has 1 saturated heterocycles. The van der Waals surface area contributed by atoms with E-state index < -0.39 is 0 Å². The van der Waals surface area contributed by atoms with Gasteiger partial charge in [-0.25, -0.2) is 4.98 Å². The number of ether oxygens (including phenoxy) is 2. The molecule has 3 aromatic carbocycles. The summed E-state index contributed by atoms with van der Waals surface area (Å²) in [6.07, 6.45) is 0.492. The largest absolute Gasteiger partial charge is 0.486 e. The lowest BCUT2D eigenvalue weighted by Gasteiger charge is -2.10. The number of carbonyl (C=O) groups is 2. The number of imide groups is 1. The number of anilines is 1. The second-order valence-electron chi connectivity index (χ2n) is 8.46. The molecule has 4 N–H and O–H groups in total. The van der Waals surface area contributed by atoms with Crippen molar-refractivity contribution in [1.82, 2.24) is 15.3 Å². The van der Waals surface area contributed by atoms with E-state index in [-0.39, 0.29) is 23.0 Å². The van der Waals surface area contributed by atoms with Crippen molar-refractivity contribution in [2.24, 2.45) is 0 Å². The molecule has 9 heteroatoms. The minimum atomic E-state index is -0.383. The molecule has 1 atom stereocenters. The van der Waals surface area contributed by atoms with Gasteiger partial charge in [0.05, 0.1) is 16.3 Å². The molecule has 1 aromatic heterocycles. The first-order valence-electron chi connectivity index (χ1n) is 11.1. The van der Waals surface area contributed by atoms with Gasteiger partial charge in [0.2, 0.25) is 5.91 Å². The lowest BCUT2D eigenvalue weighted by molar-refractivity contribution is -0.118. The lowest BCUT2D eigenvalue weighted by atomic mass is 10.1. The third-order valence-corrected chi connectivity index (χ3v) is 6.77. The third-order valence-electron chi connectivity index (χ3n) is 5.79. The van der Waals surface area contributed by atoms with E-state index in [2.05, 4.69) is 15.3 Å². The number of aromatic amines is 1. The minimum absolute atomic E-state index is 0.238. The number of aryl methyl sites for hydroxylation is 2. The summed E-state index contributed by atoms with van der Waals surface area (Å²) in [5, 5.41) is 1.63. The van der Waals surface area contributed by atoms with Crippen LogP contribution in [0.1, 0.15) is 22.5 Å². The van der Waals surface area contributed by atoms with Crippen molar-refractivity contribution < 1.29 is 19.1 Å². The number of hydrogen-bond acceptors (Lipinski definition) is 7. The summed E-state index contributed by atoms with van der Waals surface area (Å²) in [5.41, 5.74) is 11.4. The summed E-state index contributed by atoms with van der Waals surface area (Å²) in [6.45, 7) is 4.20. The van der Waals surface area contributed by atoms with Crippen molar-refractivity contribution in [2.75, 3.05) is 5.73 Å². The van der Waals surface area contributed by atoms with Crippen LogP contribution in [-0.2, 0) is 17.8 Å². The van der Waals surface area contributed by atoms with Crippen LogP contribution in [0.5, 0.6) is 17.2 Å². The fourth-order valence-corrected chi connectivity index (χ4v) is 4.78. The van der Waals surface area contributed by atoms with Crippen molar-refractivity contribution in [2.45, 2.75) is 32.1 Å². The smallest absolute Gasteiger partial charge is 0.286 e. The second kappa shape index (κ2) is 9.34. The molecule has 5 rings (SSSR count). The monoisotopic (exact) mass is 488 g/mol. The van der Waals surface area contributed by atoms with E-state index in [1.54, 1.807) is 0 Å². The highest BCUT2D eigenvalue weighted by Crippen LogP contribution is 2.29. The first-order valence-corrected chi connectivity index (χ1v) is 12.0. The maximum atomic E-state index is 11.7. The Labute approximate surface area is 206 Å². The molecule has 2 amide bonds. The number of imidazole rings is 1. The first kappa shape index (κ1) is 22.8. The number of H-pyrrole nitrogens is 1. The number of nitrogens with zero attached hydrogens (tertiary/aromatic N) is 1. The van der Waals surface area contributed by atoms with Gasteiger partial charge in [-0.05, 0) is 73.4 Å². The van der Waals surface area contributed by atoms with Crippen LogP contribution >= 0.6 is 11.8 Å². The molecule has 8 nitrogen and oxygen atoms in total. The van der Waals surface area contributed by atoms with Gasteiger partial charge in [0.1, 0.15) is 29.7 Å². The Balaban J connectivity index is 1.21. The van der Waals surface area contributed by atoms with Gasteiger partial charge in [-0.3, -0.25) is 14.9 Å². The van der Waals surface area contributed by atoms with E-state index in [4.69, 9.17) is 15.2 Å². The van der Waals surface area contributed by atoms with Gasteiger partial charge in [0, 0.05) is 11.8 Å². The van der Waals surface area contributed by atoms with Crippen LogP contribution in [0.15, 0.2) is 54.6 Å². The van der Waals surface area contributed by atoms with E-state index in [1.165, 1.54) is 0 Å². The second-order valence-corrected chi connectivity index (χ2v) is 9.63. The van der Waals surface area contributed by atoms with Crippen LogP contribution in [0, 0.1) is 13.8 Å². The van der Waals surface area contributed by atoms with Crippen molar-refractivity contribution in [3.05, 3.63) is 77.1 Å². The fourth-order valence-electron chi connectivity index (χ4n) is 3.92. The Morgan fingerprint density at radius 2 is 1.69 bits per heavy atom. The average molecular weight is 489 g/mol. The topological polar surface area (TPSA) is 119 Å². The third kappa shape index (κ3) is 5.09. The molecular formula is C26H24N4O4S. The number of rotatable bonds is 7. The zero-order chi connectivity index (χ0) is 24.5. The highest BCUT2D eigenvalue weighted by molar-refractivity contribution is 8.15. The maximum Gasteiger partial charge on any atom is 0.286 e. The van der Waals surface area contributed by atoms with Crippen molar-refractivity contribution in [3.63, 3.8) is 0 Å². The van der Waals surface area contributed by atoms with Gasteiger partial charge in [-0.15, -0.1) is 0 Å². The maximum absolute atomic E-state index is 11.7. The standard InChI is InChI=1S/C26H24N4O4S/c1-14-9-19(10-15(2)24(14)27)34-18-7-8-20-21(12-18)29-23(28-20)13-33-17-5-3-16(4-6-17)11-22-25(31)30-26(32)35-22/h3-10,12,22H,11,13,27H2,1-2H3,(H,28,29)(H,30,31,32)/t22-/m1/s1. The Bertz CT molecular complexity index is 1410. The number of amides is 2.